The second kappa shape index (κ2) is 8.66. The fourth-order valence-electron chi connectivity index (χ4n) is 3.06. The van der Waals surface area contributed by atoms with Crippen molar-refractivity contribution in [1.29, 1.82) is 0 Å². The second-order valence-corrected chi connectivity index (χ2v) is 6.79. The Morgan fingerprint density at radius 3 is 2.15 bits per heavy atom. The molecule has 0 aliphatic carbocycles. The zero-order chi connectivity index (χ0) is 19.2. The topological polar surface area (TPSA) is 52.7 Å². The lowest BCUT2D eigenvalue weighted by molar-refractivity contribution is -0.132. The summed E-state index contributed by atoms with van der Waals surface area (Å²) in [5.41, 5.74) is 2.92. The summed E-state index contributed by atoms with van der Waals surface area (Å²) >= 11 is 0. The molecule has 1 heterocycles. The molecule has 0 unspecified atom stereocenters. The predicted molar refractivity (Wildman–Crippen MR) is 103 cm³/mol. The third kappa shape index (κ3) is 5.29. The Balaban J connectivity index is 1.43. The molecule has 3 rings (SSSR count). The summed E-state index contributed by atoms with van der Waals surface area (Å²) in [4.78, 5) is 28.2. The number of piperazine rings is 1. The zero-order valence-electron chi connectivity index (χ0n) is 15.5. The van der Waals surface area contributed by atoms with E-state index in [1.807, 2.05) is 11.8 Å². The highest BCUT2D eigenvalue weighted by Crippen LogP contribution is 2.12. The first-order chi connectivity index (χ1) is 13.0. The van der Waals surface area contributed by atoms with Crippen LogP contribution in [0, 0.1) is 12.7 Å². The van der Waals surface area contributed by atoms with Crippen molar-refractivity contribution in [3.63, 3.8) is 0 Å². The molecule has 27 heavy (non-hydrogen) atoms. The molecular formula is C21H24FN3O2. The minimum Gasteiger partial charge on any atom is -0.339 e. The van der Waals surface area contributed by atoms with E-state index in [0.717, 1.165) is 12.0 Å². The molecule has 0 spiro atoms. The minimum atomic E-state index is -0.342. The predicted octanol–water partition coefficient (Wildman–Crippen LogP) is 3.44. The van der Waals surface area contributed by atoms with Crippen molar-refractivity contribution in [1.82, 2.24) is 9.80 Å². The molecule has 6 heteroatoms. The molecule has 0 bridgehead atoms. The summed E-state index contributed by atoms with van der Waals surface area (Å²) in [7, 11) is 0. The third-order valence-electron chi connectivity index (χ3n) is 4.76. The third-order valence-corrected chi connectivity index (χ3v) is 4.76. The van der Waals surface area contributed by atoms with Crippen molar-refractivity contribution in [3.05, 3.63) is 65.5 Å². The minimum absolute atomic E-state index is 0.120. The number of rotatable bonds is 4. The van der Waals surface area contributed by atoms with Crippen LogP contribution < -0.4 is 5.32 Å². The van der Waals surface area contributed by atoms with Crippen LogP contribution in [0.15, 0.2) is 48.5 Å². The number of anilines is 1. The van der Waals surface area contributed by atoms with Crippen molar-refractivity contribution >= 4 is 17.6 Å². The molecular weight excluding hydrogens is 345 g/mol. The van der Waals surface area contributed by atoms with E-state index in [2.05, 4.69) is 29.6 Å². The molecule has 2 aromatic rings. The Kier molecular flexibility index (Phi) is 6.06. The van der Waals surface area contributed by atoms with E-state index in [9.17, 15) is 14.0 Å². The van der Waals surface area contributed by atoms with Crippen LogP contribution in [0.4, 0.5) is 14.9 Å². The summed E-state index contributed by atoms with van der Waals surface area (Å²) in [6.07, 6.45) is 1.20. The Hall–Kier alpha value is -2.89. The maximum atomic E-state index is 12.9. The number of amides is 3. The number of aryl methyl sites for hydroxylation is 2. The van der Waals surface area contributed by atoms with Gasteiger partial charge < -0.3 is 15.1 Å². The first-order valence-corrected chi connectivity index (χ1v) is 9.16. The summed E-state index contributed by atoms with van der Waals surface area (Å²) in [6.45, 7) is 4.08. The molecule has 0 atom stereocenters. The fourth-order valence-corrected chi connectivity index (χ4v) is 3.06. The van der Waals surface area contributed by atoms with E-state index in [1.165, 1.54) is 29.8 Å². The second-order valence-electron chi connectivity index (χ2n) is 6.79. The monoisotopic (exact) mass is 369 g/mol. The lowest BCUT2D eigenvalue weighted by Crippen LogP contribution is -2.51. The Morgan fingerprint density at radius 1 is 0.926 bits per heavy atom. The average Bonchev–Trinajstić information content (AvgIpc) is 2.69. The highest BCUT2D eigenvalue weighted by Gasteiger charge is 2.23. The van der Waals surface area contributed by atoms with Gasteiger partial charge in [0.15, 0.2) is 0 Å². The van der Waals surface area contributed by atoms with Crippen molar-refractivity contribution < 1.29 is 14.0 Å². The van der Waals surface area contributed by atoms with Gasteiger partial charge in [0.05, 0.1) is 0 Å². The molecule has 0 radical (unpaired) electrons. The number of nitrogens with one attached hydrogen (secondary N) is 1. The van der Waals surface area contributed by atoms with Crippen LogP contribution in [0.2, 0.25) is 0 Å². The maximum absolute atomic E-state index is 12.9. The normalized spacial score (nSPS) is 14.1. The number of hydrogen-bond donors (Lipinski definition) is 1. The maximum Gasteiger partial charge on any atom is 0.321 e. The molecule has 0 saturated carbocycles. The number of benzene rings is 2. The van der Waals surface area contributed by atoms with Crippen LogP contribution in [0.1, 0.15) is 17.5 Å². The highest BCUT2D eigenvalue weighted by molar-refractivity contribution is 5.89. The standard InChI is InChI=1S/C21H24FN3O2/c1-16-2-4-17(5-3-16)6-11-20(26)24-12-14-25(15-13-24)21(27)23-19-9-7-18(22)8-10-19/h2-5,7-10H,6,11-15H2,1H3,(H,23,27). The summed E-state index contributed by atoms with van der Waals surface area (Å²) in [5.74, 6) is -0.222. The van der Waals surface area contributed by atoms with Crippen LogP contribution in [0.3, 0.4) is 0 Å². The van der Waals surface area contributed by atoms with Gasteiger partial charge in [-0.2, -0.15) is 0 Å². The fraction of sp³-hybridized carbons (Fsp3) is 0.333. The number of halogens is 1. The molecule has 2 aromatic carbocycles. The van der Waals surface area contributed by atoms with Gasteiger partial charge in [-0.15, -0.1) is 0 Å². The zero-order valence-corrected chi connectivity index (χ0v) is 15.5. The van der Waals surface area contributed by atoms with Crippen LogP contribution in [0.25, 0.3) is 0 Å². The SMILES string of the molecule is Cc1ccc(CCC(=O)N2CCN(C(=O)Nc3ccc(F)cc3)CC2)cc1. The quantitative estimate of drug-likeness (QED) is 0.898. The lowest BCUT2D eigenvalue weighted by Gasteiger charge is -2.34. The molecule has 1 fully saturated rings. The first kappa shape index (κ1) is 18.9. The van der Waals surface area contributed by atoms with Gasteiger partial charge in [0.1, 0.15) is 5.82 Å². The van der Waals surface area contributed by atoms with E-state index in [4.69, 9.17) is 0 Å². The van der Waals surface area contributed by atoms with Crippen LogP contribution in [-0.4, -0.2) is 47.9 Å². The number of urea groups is 1. The Bertz CT molecular complexity index is 782. The highest BCUT2D eigenvalue weighted by atomic mass is 19.1. The van der Waals surface area contributed by atoms with E-state index in [0.29, 0.717) is 38.3 Å². The van der Waals surface area contributed by atoms with Gasteiger partial charge in [0.2, 0.25) is 5.91 Å². The molecule has 5 nitrogen and oxygen atoms in total. The van der Waals surface area contributed by atoms with Crippen LogP contribution in [0.5, 0.6) is 0 Å². The molecule has 1 saturated heterocycles. The number of carbonyl (C=O) groups excluding carboxylic acids is 2. The van der Waals surface area contributed by atoms with E-state index in [1.54, 1.807) is 4.90 Å². The number of hydrogen-bond acceptors (Lipinski definition) is 2. The molecule has 142 valence electrons. The van der Waals surface area contributed by atoms with Crippen molar-refractivity contribution in [2.45, 2.75) is 19.8 Å². The largest absolute Gasteiger partial charge is 0.339 e. The Labute approximate surface area is 158 Å². The van der Waals surface area contributed by atoms with Crippen molar-refractivity contribution in [3.8, 4) is 0 Å². The Morgan fingerprint density at radius 2 is 1.52 bits per heavy atom. The molecule has 1 aliphatic heterocycles. The molecule has 0 aromatic heterocycles. The molecule has 1 aliphatic rings. The summed E-state index contributed by atoms with van der Waals surface area (Å²) < 4.78 is 12.9. The smallest absolute Gasteiger partial charge is 0.321 e. The summed E-state index contributed by atoms with van der Waals surface area (Å²) in [6, 6.07) is 13.7. The van der Waals surface area contributed by atoms with E-state index < -0.39 is 0 Å². The van der Waals surface area contributed by atoms with Gasteiger partial charge in [-0.3, -0.25) is 4.79 Å². The number of nitrogens with zero attached hydrogens (tertiary/aromatic N) is 2. The van der Waals surface area contributed by atoms with Gasteiger partial charge in [-0.05, 0) is 43.2 Å². The van der Waals surface area contributed by atoms with Gasteiger partial charge in [0, 0.05) is 38.3 Å². The number of carbonyl (C=O) groups is 2. The van der Waals surface area contributed by atoms with Crippen molar-refractivity contribution in [2.24, 2.45) is 0 Å². The first-order valence-electron chi connectivity index (χ1n) is 9.16. The van der Waals surface area contributed by atoms with Gasteiger partial charge in [0.25, 0.3) is 0 Å². The van der Waals surface area contributed by atoms with Gasteiger partial charge in [-0.25, -0.2) is 9.18 Å². The molecule has 3 amide bonds. The van der Waals surface area contributed by atoms with Gasteiger partial charge >= 0.3 is 6.03 Å². The van der Waals surface area contributed by atoms with Crippen LogP contribution in [-0.2, 0) is 11.2 Å². The summed E-state index contributed by atoms with van der Waals surface area (Å²) in [5, 5.41) is 2.75. The van der Waals surface area contributed by atoms with Crippen molar-refractivity contribution in [2.75, 3.05) is 31.5 Å². The van der Waals surface area contributed by atoms with E-state index in [-0.39, 0.29) is 17.8 Å². The van der Waals surface area contributed by atoms with Crippen LogP contribution >= 0.6 is 0 Å². The van der Waals surface area contributed by atoms with Gasteiger partial charge in [-0.1, -0.05) is 29.8 Å². The molecule has 1 N–H and O–H groups in total. The average molecular weight is 369 g/mol. The van der Waals surface area contributed by atoms with E-state index >= 15 is 0 Å². The lowest BCUT2D eigenvalue weighted by atomic mass is 10.1.